The second-order valence-electron chi connectivity index (χ2n) is 11.6. The number of nitrogens with zero attached hydrogens (tertiary/aromatic N) is 5. The Morgan fingerprint density at radius 2 is 1.80 bits per heavy atom. The molecule has 2 saturated heterocycles. The molecule has 1 amide bonds. The summed E-state index contributed by atoms with van der Waals surface area (Å²) in [6.07, 6.45) is 15.2. The number of piperidine rings is 1. The third-order valence-electron chi connectivity index (χ3n) is 9.45. The van der Waals surface area contributed by atoms with Gasteiger partial charge in [-0.15, -0.1) is 0 Å². The third kappa shape index (κ3) is 3.99. The van der Waals surface area contributed by atoms with E-state index in [1.807, 2.05) is 0 Å². The first-order chi connectivity index (χ1) is 17.2. The summed E-state index contributed by atoms with van der Waals surface area (Å²) in [5.74, 6) is 3.31. The van der Waals surface area contributed by atoms with Crippen molar-refractivity contribution in [2.75, 3.05) is 29.9 Å². The molecule has 0 unspecified atom stereocenters. The summed E-state index contributed by atoms with van der Waals surface area (Å²) >= 11 is 0. The van der Waals surface area contributed by atoms with Gasteiger partial charge in [0.05, 0.1) is 5.69 Å². The molecule has 4 fully saturated rings. The Labute approximate surface area is 207 Å². The van der Waals surface area contributed by atoms with Crippen molar-refractivity contribution in [3.8, 4) is 0 Å². The maximum Gasteiger partial charge on any atom is 0.245 e. The molecule has 2 N–H and O–H groups in total. The molecule has 4 heterocycles. The molecule has 8 nitrogen and oxygen atoms in total. The van der Waals surface area contributed by atoms with Crippen molar-refractivity contribution in [3.05, 3.63) is 23.0 Å². The van der Waals surface area contributed by atoms with Gasteiger partial charge in [0.25, 0.3) is 0 Å². The van der Waals surface area contributed by atoms with E-state index >= 15 is 0 Å². The lowest BCUT2D eigenvalue weighted by Gasteiger charge is -2.35. The predicted molar refractivity (Wildman–Crippen MR) is 135 cm³/mol. The van der Waals surface area contributed by atoms with Crippen LogP contribution in [-0.2, 0) is 17.6 Å². The number of H-pyrrole nitrogens is 1. The minimum absolute atomic E-state index is 0.130. The molecule has 1 spiro atoms. The van der Waals surface area contributed by atoms with Crippen LogP contribution in [0.3, 0.4) is 0 Å². The Balaban J connectivity index is 1.12. The second-order valence-corrected chi connectivity index (χ2v) is 11.6. The first-order valence-corrected chi connectivity index (χ1v) is 14.0. The number of carbonyl (C=O) groups excluding carboxylic acids is 1. The van der Waals surface area contributed by atoms with Crippen LogP contribution in [0, 0.1) is 5.41 Å². The molecule has 7 rings (SSSR count). The van der Waals surface area contributed by atoms with E-state index in [-0.39, 0.29) is 11.9 Å². The highest BCUT2D eigenvalue weighted by molar-refractivity contribution is 5.85. The van der Waals surface area contributed by atoms with Gasteiger partial charge in [0.2, 0.25) is 11.9 Å². The van der Waals surface area contributed by atoms with Crippen LogP contribution in [0.15, 0.2) is 6.07 Å². The number of amides is 1. The number of rotatable bonds is 5. The Morgan fingerprint density at radius 3 is 2.60 bits per heavy atom. The molecular weight excluding hydrogens is 438 g/mol. The molecule has 186 valence electrons. The largest absolute Gasteiger partial charge is 0.341 e. The first-order valence-electron chi connectivity index (χ1n) is 14.0. The van der Waals surface area contributed by atoms with Crippen LogP contribution in [0.2, 0.25) is 0 Å². The SMILES string of the molecule is O=C([C@H]1CCCN1c1nc2c(c(Nc3cc(C4CCCC4)[nH]n3)n1)CCC2)N1CCC2(CC1)CC2. The maximum atomic E-state index is 13.6. The average molecular weight is 476 g/mol. The van der Waals surface area contributed by atoms with Gasteiger partial charge in [-0.05, 0) is 76.0 Å². The van der Waals surface area contributed by atoms with Gasteiger partial charge in [0.15, 0.2) is 5.82 Å². The van der Waals surface area contributed by atoms with Crippen molar-refractivity contribution in [2.45, 2.75) is 95.4 Å². The van der Waals surface area contributed by atoms with Crippen LogP contribution in [0.1, 0.15) is 93.5 Å². The lowest BCUT2D eigenvalue weighted by Crippen LogP contribution is -2.49. The standard InChI is InChI=1S/C27H37N7O/c35-25(33-15-12-27(10-11-27)13-16-33)22-9-4-14-34(22)26-28-20-8-3-7-19(20)24(30-26)29-23-17-21(31-32-23)18-5-1-2-6-18/h17-18,22H,1-16H2,(H2,28,29,30,31,32)/t22-/m1/s1. The van der Waals surface area contributed by atoms with Crippen LogP contribution in [0.4, 0.5) is 17.6 Å². The first kappa shape index (κ1) is 21.6. The van der Waals surface area contributed by atoms with Crippen molar-refractivity contribution in [3.63, 3.8) is 0 Å². The van der Waals surface area contributed by atoms with Gasteiger partial charge in [0.1, 0.15) is 11.9 Å². The lowest BCUT2D eigenvalue weighted by atomic mass is 9.93. The molecule has 2 aromatic rings. The van der Waals surface area contributed by atoms with E-state index < -0.39 is 0 Å². The highest BCUT2D eigenvalue weighted by Gasteiger charge is 2.46. The van der Waals surface area contributed by atoms with Crippen molar-refractivity contribution in [2.24, 2.45) is 5.41 Å². The molecular formula is C27H37N7O. The average Bonchev–Trinajstić information content (AvgIpc) is 3.48. The molecule has 2 saturated carbocycles. The molecule has 5 aliphatic rings. The highest BCUT2D eigenvalue weighted by Crippen LogP contribution is 2.53. The van der Waals surface area contributed by atoms with Crippen LogP contribution in [0.25, 0.3) is 0 Å². The normalized spacial score (nSPS) is 25.4. The van der Waals surface area contributed by atoms with Gasteiger partial charge in [-0.3, -0.25) is 9.89 Å². The number of hydrogen-bond donors (Lipinski definition) is 2. The molecule has 2 aromatic heterocycles. The zero-order chi connectivity index (χ0) is 23.4. The number of aryl methyl sites for hydroxylation is 1. The zero-order valence-corrected chi connectivity index (χ0v) is 20.7. The predicted octanol–water partition coefficient (Wildman–Crippen LogP) is 4.46. The van der Waals surface area contributed by atoms with Gasteiger partial charge in [-0.25, -0.2) is 4.98 Å². The van der Waals surface area contributed by atoms with Crippen LogP contribution >= 0.6 is 0 Å². The number of carbonyl (C=O) groups is 1. The van der Waals surface area contributed by atoms with Gasteiger partial charge in [0, 0.05) is 42.9 Å². The summed E-state index contributed by atoms with van der Waals surface area (Å²) in [6.45, 7) is 2.69. The van der Waals surface area contributed by atoms with Crippen molar-refractivity contribution in [1.82, 2.24) is 25.1 Å². The minimum atomic E-state index is -0.130. The number of fused-ring (bicyclic) bond motifs is 1. The van der Waals surface area contributed by atoms with E-state index in [0.717, 1.165) is 69.1 Å². The van der Waals surface area contributed by atoms with Gasteiger partial charge in [-0.2, -0.15) is 10.1 Å². The lowest BCUT2D eigenvalue weighted by molar-refractivity contribution is -0.134. The molecule has 8 heteroatoms. The number of aromatic nitrogens is 4. The molecule has 3 aliphatic carbocycles. The zero-order valence-electron chi connectivity index (χ0n) is 20.7. The smallest absolute Gasteiger partial charge is 0.245 e. The number of aromatic amines is 1. The quantitative estimate of drug-likeness (QED) is 0.664. The van der Waals surface area contributed by atoms with E-state index in [1.54, 1.807) is 0 Å². The number of hydrogen-bond acceptors (Lipinski definition) is 6. The second kappa shape index (κ2) is 8.49. The Kier molecular flexibility index (Phi) is 5.24. The number of anilines is 3. The molecule has 2 aliphatic heterocycles. The summed E-state index contributed by atoms with van der Waals surface area (Å²) in [6, 6.07) is 2.03. The summed E-state index contributed by atoms with van der Waals surface area (Å²) in [5, 5.41) is 11.3. The van der Waals surface area contributed by atoms with E-state index in [2.05, 4.69) is 31.4 Å². The molecule has 0 aromatic carbocycles. The topological polar surface area (TPSA) is 90.0 Å². The monoisotopic (exact) mass is 475 g/mol. The molecule has 1 atom stereocenters. The van der Waals surface area contributed by atoms with E-state index in [0.29, 0.717) is 17.3 Å². The molecule has 0 radical (unpaired) electrons. The summed E-state index contributed by atoms with van der Waals surface area (Å²) in [4.78, 5) is 27.9. The van der Waals surface area contributed by atoms with E-state index in [4.69, 9.17) is 9.97 Å². The van der Waals surface area contributed by atoms with E-state index in [1.165, 1.54) is 62.6 Å². The van der Waals surface area contributed by atoms with Crippen LogP contribution in [-0.4, -0.2) is 56.6 Å². The maximum absolute atomic E-state index is 13.6. The third-order valence-corrected chi connectivity index (χ3v) is 9.45. The summed E-state index contributed by atoms with van der Waals surface area (Å²) < 4.78 is 0. The number of nitrogens with one attached hydrogen (secondary N) is 2. The van der Waals surface area contributed by atoms with Gasteiger partial charge >= 0.3 is 0 Å². The Morgan fingerprint density at radius 1 is 0.971 bits per heavy atom. The Hall–Kier alpha value is -2.64. The van der Waals surface area contributed by atoms with Crippen molar-refractivity contribution in [1.29, 1.82) is 0 Å². The Bertz CT molecular complexity index is 1110. The van der Waals surface area contributed by atoms with E-state index in [9.17, 15) is 4.79 Å². The molecule has 0 bridgehead atoms. The van der Waals surface area contributed by atoms with Crippen molar-refractivity contribution >= 4 is 23.5 Å². The highest BCUT2D eigenvalue weighted by atomic mass is 16.2. The van der Waals surface area contributed by atoms with Crippen molar-refractivity contribution < 1.29 is 4.79 Å². The fraction of sp³-hybridized carbons (Fsp3) is 0.704. The van der Waals surface area contributed by atoms with Gasteiger partial charge in [-0.1, -0.05) is 12.8 Å². The fourth-order valence-corrected chi connectivity index (χ4v) is 6.97. The molecule has 35 heavy (non-hydrogen) atoms. The van der Waals surface area contributed by atoms with Crippen LogP contribution in [0.5, 0.6) is 0 Å². The van der Waals surface area contributed by atoms with Crippen LogP contribution < -0.4 is 10.2 Å². The van der Waals surface area contributed by atoms with Gasteiger partial charge < -0.3 is 15.1 Å². The fourth-order valence-electron chi connectivity index (χ4n) is 6.97. The number of likely N-dealkylation sites (tertiary alicyclic amines) is 1. The summed E-state index contributed by atoms with van der Waals surface area (Å²) in [7, 11) is 0. The minimum Gasteiger partial charge on any atom is -0.341 e. The summed E-state index contributed by atoms with van der Waals surface area (Å²) in [5.41, 5.74) is 4.16.